The number of carboxylic acid groups (broad SMARTS) is 1. The molecule has 0 aliphatic carbocycles. The molecular weight excluding hydrogens is 312 g/mol. The molecule has 0 atom stereocenters. The summed E-state index contributed by atoms with van der Waals surface area (Å²) in [5.74, 6) is -1.41. The van der Waals surface area contributed by atoms with Crippen molar-refractivity contribution in [2.45, 2.75) is 23.9 Å². The number of aryl methyl sites for hydroxylation is 1. The molecule has 8 heteroatoms. The highest BCUT2D eigenvalue weighted by Crippen LogP contribution is 2.29. The van der Waals surface area contributed by atoms with E-state index in [0.29, 0.717) is 23.0 Å². The van der Waals surface area contributed by atoms with Crippen LogP contribution in [0.1, 0.15) is 32.6 Å². The first-order chi connectivity index (χ1) is 10.0. The molecule has 0 spiro atoms. The lowest BCUT2D eigenvalue weighted by molar-refractivity contribution is 0.0523. The first kappa shape index (κ1) is 15.5. The largest absolute Gasteiger partial charge is 0.477 e. The monoisotopic (exact) mass is 324 g/mol. The molecule has 0 saturated heterocycles. The van der Waals surface area contributed by atoms with Crippen molar-refractivity contribution >= 4 is 35.0 Å². The maximum Gasteiger partial charge on any atom is 0.345 e. The minimum atomic E-state index is -0.957. The van der Waals surface area contributed by atoms with Gasteiger partial charge in [-0.1, -0.05) is 0 Å². The van der Waals surface area contributed by atoms with Gasteiger partial charge >= 0.3 is 11.9 Å². The highest BCUT2D eigenvalue weighted by atomic mass is 32.2. The number of esters is 1. The highest BCUT2D eigenvalue weighted by Gasteiger charge is 2.14. The van der Waals surface area contributed by atoms with Gasteiger partial charge in [0.15, 0.2) is 5.16 Å². The lowest BCUT2D eigenvalue weighted by Gasteiger charge is -2.05. The molecule has 2 rings (SSSR count). The molecule has 0 aromatic carbocycles. The summed E-state index contributed by atoms with van der Waals surface area (Å²) in [4.78, 5) is 31.8. The zero-order valence-electron chi connectivity index (χ0n) is 11.3. The van der Waals surface area contributed by atoms with Gasteiger partial charge in [-0.2, -0.15) is 0 Å². The van der Waals surface area contributed by atoms with Gasteiger partial charge < -0.3 is 9.84 Å². The van der Waals surface area contributed by atoms with E-state index in [1.165, 1.54) is 18.0 Å². The van der Waals surface area contributed by atoms with Gasteiger partial charge in [0.25, 0.3) is 0 Å². The lowest BCUT2D eigenvalue weighted by Crippen LogP contribution is -2.09. The molecule has 2 aromatic heterocycles. The molecule has 0 unspecified atom stereocenters. The second kappa shape index (κ2) is 6.68. The van der Waals surface area contributed by atoms with E-state index in [0.717, 1.165) is 16.2 Å². The summed E-state index contributed by atoms with van der Waals surface area (Å²) in [5, 5.41) is 11.1. The second-order valence-corrected chi connectivity index (χ2v) is 5.88. The molecule has 6 nitrogen and oxygen atoms in total. The molecule has 2 heterocycles. The quantitative estimate of drug-likeness (QED) is 0.668. The molecule has 21 heavy (non-hydrogen) atoms. The molecule has 0 bridgehead atoms. The van der Waals surface area contributed by atoms with Gasteiger partial charge in [0, 0.05) is 16.5 Å². The van der Waals surface area contributed by atoms with Crippen LogP contribution in [-0.4, -0.2) is 33.6 Å². The van der Waals surface area contributed by atoms with Crippen molar-refractivity contribution in [3.8, 4) is 0 Å². The van der Waals surface area contributed by atoms with Crippen LogP contribution in [0.5, 0.6) is 0 Å². The van der Waals surface area contributed by atoms with Gasteiger partial charge in [0.05, 0.1) is 17.9 Å². The van der Waals surface area contributed by atoms with Crippen LogP contribution in [0.4, 0.5) is 0 Å². The molecule has 0 saturated carbocycles. The molecule has 0 radical (unpaired) electrons. The summed E-state index contributed by atoms with van der Waals surface area (Å²) < 4.78 is 4.91. The third-order valence-corrected chi connectivity index (χ3v) is 4.37. The van der Waals surface area contributed by atoms with Crippen molar-refractivity contribution in [3.63, 3.8) is 0 Å². The van der Waals surface area contributed by atoms with Crippen LogP contribution in [0.2, 0.25) is 0 Å². The predicted molar refractivity (Wildman–Crippen MR) is 78.1 cm³/mol. The van der Waals surface area contributed by atoms with Crippen molar-refractivity contribution in [3.05, 3.63) is 33.8 Å². The topological polar surface area (TPSA) is 89.4 Å². The van der Waals surface area contributed by atoms with E-state index in [1.807, 2.05) is 0 Å². The molecule has 2 aromatic rings. The third kappa shape index (κ3) is 3.79. The number of hydrogen-bond donors (Lipinski definition) is 1. The molecule has 0 aliphatic rings. The average Bonchev–Trinajstić information content (AvgIpc) is 2.87. The summed E-state index contributed by atoms with van der Waals surface area (Å²) in [7, 11) is 0. The molecule has 0 amide bonds. The number of hydrogen-bond acceptors (Lipinski definition) is 7. The maximum atomic E-state index is 11.6. The van der Waals surface area contributed by atoms with Crippen molar-refractivity contribution in [1.29, 1.82) is 0 Å². The maximum absolute atomic E-state index is 11.6. The third-order valence-electron chi connectivity index (χ3n) is 2.45. The number of nitrogens with zero attached hydrogens (tertiary/aromatic N) is 2. The lowest BCUT2D eigenvalue weighted by atomic mass is 10.2. The molecular formula is C13H12N2O4S2. The van der Waals surface area contributed by atoms with Gasteiger partial charge in [-0.15, -0.1) is 11.3 Å². The zero-order valence-corrected chi connectivity index (χ0v) is 13.0. The smallest absolute Gasteiger partial charge is 0.345 e. The first-order valence-electron chi connectivity index (χ1n) is 6.01. The Hall–Kier alpha value is -1.93. The van der Waals surface area contributed by atoms with Crippen LogP contribution >= 0.6 is 23.1 Å². The number of ether oxygens (including phenoxy) is 1. The van der Waals surface area contributed by atoms with Gasteiger partial charge in [-0.3, -0.25) is 0 Å². The van der Waals surface area contributed by atoms with Crippen molar-refractivity contribution in [2.75, 3.05) is 6.61 Å². The van der Waals surface area contributed by atoms with Crippen molar-refractivity contribution in [2.24, 2.45) is 0 Å². The minimum absolute atomic E-state index is 0.261. The van der Waals surface area contributed by atoms with E-state index in [4.69, 9.17) is 9.84 Å². The number of carbonyl (C=O) groups is 2. The molecule has 0 aliphatic heterocycles. The number of rotatable bonds is 5. The Labute approximate surface area is 129 Å². The minimum Gasteiger partial charge on any atom is -0.477 e. The number of carboxylic acids is 1. The van der Waals surface area contributed by atoms with Crippen molar-refractivity contribution in [1.82, 2.24) is 9.97 Å². The van der Waals surface area contributed by atoms with Crippen LogP contribution in [0.15, 0.2) is 27.7 Å². The SMILES string of the molecule is CCOC(=O)c1cnc(Sc2csc(C(=O)O)c2)nc1C. The van der Waals surface area contributed by atoms with Gasteiger partial charge in [0.1, 0.15) is 4.88 Å². The Bertz CT molecular complexity index is 685. The average molecular weight is 324 g/mol. The summed E-state index contributed by atoms with van der Waals surface area (Å²) in [6.45, 7) is 3.73. The summed E-state index contributed by atoms with van der Waals surface area (Å²) >= 11 is 2.39. The van der Waals surface area contributed by atoms with Crippen LogP contribution < -0.4 is 0 Å². The summed E-state index contributed by atoms with van der Waals surface area (Å²) in [5.41, 5.74) is 0.859. The van der Waals surface area contributed by atoms with Crippen LogP contribution in [0.25, 0.3) is 0 Å². The van der Waals surface area contributed by atoms with Crippen LogP contribution in [-0.2, 0) is 4.74 Å². The van der Waals surface area contributed by atoms with Gasteiger partial charge in [-0.05, 0) is 31.7 Å². The fourth-order valence-electron chi connectivity index (χ4n) is 1.49. The highest BCUT2D eigenvalue weighted by molar-refractivity contribution is 7.99. The normalized spacial score (nSPS) is 10.4. The predicted octanol–water partition coefficient (Wildman–Crippen LogP) is 2.87. The van der Waals surface area contributed by atoms with E-state index in [-0.39, 0.29) is 4.88 Å². The Balaban J connectivity index is 2.16. The van der Waals surface area contributed by atoms with E-state index in [2.05, 4.69) is 9.97 Å². The first-order valence-corrected chi connectivity index (χ1v) is 7.71. The fraction of sp³-hybridized carbons (Fsp3) is 0.231. The Morgan fingerprint density at radius 1 is 1.48 bits per heavy atom. The number of thiophene rings is 1. The fourth-order valence-corrected chi connectivity index (χ4v) is 3.19. The van der Waals surface area contributed by atoms with Crippen LogP contribution in [0.3, 0.4) is 0 Å². The van der Waals surface area contributed by atoms with E-state index < -0.39 is 11.9 Å². The van der Waals surface area contributed by atoms with E-state index >= 15 is 0 Å². The second-order valence-electron chi connectivity index (χ2n) is 3.93. The van der Waals surface area contributed by atoms with Crippen molar-refractivity contribution < 1.29 is 19.4 Å². The Kier molecular flexibility index (Phi) is 4.92. The van der Waals surface area contributed by atoms with Gasteiger partial charge in [-0.25, -0.2) is 19.6 Å². The Morgan fingerprint density at radius 3 is 2.81 bits per heavy atom. The van der Waals surface area contributed by atoms with E-state index in [9.17, 15) is 9.59 Å². The van der Waals surface area contributed by atoms with Crippen LogP contribution in [0, 0.1) is 6.92 Å². The Morgan fingerprint density at radius 2 is 2.24 bits per heavy atom. The zero-order chi connectivity index (χ0) is 15.4. The summed E-state index contributed by atoms with van der Waals surface area (Å²) in [6, 6.07) is 1.57. The van der Waals surface area contributed by atoms with E-state index in [1.54, 1.807) is 25.3 Å². The number of aromatic nitrogens is 2. The standard InChI is InChI=1S/C13H12N2O4S2/c1-3-19-12(18)9-5-14-13(15-7(9)2)21-8-4-10(11(16)17)20-6-8/h4-6H,3H2,1-2H3,(H,16,17). The molecule has 110 valence electrons. The molecule has 1 N–H and O–H groups in total. The number of carbonyl (C=O) groups excluding carboxylic acids is 1. The number of aromatic carboxylic acids is 1. The molecule has 0 fully saturated rings. The summed E-state index contributed by atoms with van der Waals surface area (Å²) in [6.07, 6.45) is 1.42. The van der Waals surface area contributed by atoms with Gasteiger partial charge in [0.2, 0.25) is 0 Å².